The van der Waals surface area contributed by atoms with Crippen molar-refractivity contribution in [1.29, 1.82) is 0 Å². The lowest BCUT2D eigenvalue weighted by Crippen LogP contribution is -2.35. The number of rotatable bonds is 7. The van der Waals surface area contributed by atoms with Gasteiger partial charge in [-0.25, -0.2) is 4.98 Å². The van der Waals surface area contributed by atoms with Crippen molar-refractivity contribution < 1.29 is 9.47 Å². The highest BCUT2D eigenvalue weighted by Crippen LogP contribution is 2.34. The summed E-state index contributed by atoms with van der Waals surface area (Å²) in [6.07, 6.45) is 7.89. The normalized spacial score (nSPS) is 15.7. The number of hydrogen-bond acceptors (Lipinski definition) is 7. The molecule has 4 aromatic rings. The molecule has 5 rings (SSSR count). The maximum Gasteiger partial charge on any atom is 0.124 e. The maximum absolute atomic E-state index is 5.54. The second-order valence-electron chi connectivity index (χ2n) is 8.31. The number of anilines is 2. The molecule has 0 spiro atoms. The summed E-state index contributed by atoms with van der Waals surface area (Å²) in [7, 11) is 5.24. The Morgan fingerprint density at radius 3 is 2.52 bits per heavy atom. The molecular weight excluding hydrogens is 416 g/mol. The van der Waals surface area contributed by atoms with Crippen LogP contribution in [0.3, 0.4) is 0 Å². The minimum Gasteiger partial charge on any atom is -0.497 e. The first-order chi connectivity index (χ1) is 16.1. The van der Waals surface area contributed by atoms with E-state index in [1.165, 1.54) is 6.42 Å². The van der Waals surface area contributed by atoms with Gasteiger partial charge in [0.05, 0.1) is 43.3 Å². The standard InChI is InChI=1S/C25H28N6O2/c1-30-15-17(13-28-30)25-14-27-23-7-6-19(11-24(23)29-25)31(16-18-5-4-8-26-18)20-9-21(32-2)12-22(10-20)33-3/h6-7,9-15,18,26H,4-5,8,16H2,1-3H3/t18-/m0/s1. The maximum atomic E-state index is 5.54. The van der Waals surface area contributed by atoms with E-state index in [1.807, 2.05) is 37.5 Å². The summed E-state index contributed by atoms with van der Waals surface area (Å²) >= 11 is 0. The molecule has 170 valence electrons. The van der Waals surface area contributed by atoms with Gasteiger partial charge in [0.15, 0.2) is 0 Å². The van der Waals surface area contributed by atoms with E-state index in [4.69, 9.17) is 14.5 Å². The molecule has 2 aromatic heterocycles. The Morgan fingerprint density at radius 1 is 1.03 bits per heavy atom. The first kappa shape index (κ1) is 21.2. The largest absolute Gasteiger partial charge is 0.497 e. The monoisotopic (exact) mass is 444 g/mol. The van der Waals surface area contributed by atoms with Gasteiger partial charge >= 0.3 is 0 Å². The minimum absolute atomic E-state index is 0.408. The summed E-state index contributed by atoms with van der Waals surface area (Å²) in [6.45, 7) is 1.88. The van der Waals surface area contributed by atoms with E-state index in [0.29, 0.717) is 6.04 Å². The average molecular weight is 445 g/mol. The highest BCUT2D eigenvalue weighted by molar-refractivity contribution is 5.82. The van der Waals surface area contributed by atoms with Crippen molar-refractivity contribution in [2.24, 2.45) is 7.05 Å². The van der Waals surface area contributed by atoms with Gasteiger partial charge in [-0.1, -0.05) is 0 Å². The van der Waals surface area contributed by atoms with Gasteiger partial charge in [-0.15, -0.1) is 0 Å². The summed E-state index contributed by atoms with van der Waals surface area (Å²) in [4.78, 5) is 11.8. The van der Waals surface area contributed by atoms with Gasteiger partial charge < -0.3 is 19.7 Å². The Bertz CT molecular complexity index is 1240. The number of nitrogens with zero attached hydrogens (tertiary/aromatic N) is 5. The molecule has 2 aromatic carbocycles. The molecule has 0 amide bonds. The highest BCUT2D eigenvalue weighted by atomic mass is 16.5. The number of methoxy groups -OCH3 is 2. The predicted molar refractivity (Wildman–Crippen MR) is 129 cm³/mol. The van der Waals surface area contributed by atoms with Crippen LogP contribution in [0.5, 0.6) is 11.5 Å². The van der Waals surface area contributed by atoms with E-state index in [-0.39, 0.29) is 0 Å². The molecule has 1 fully saturated rings. The molecule has 0 radical (unpaired) electrons. The zero-order chi connectivity index (χ0) is 22.8. The van der Waals surface area contributed by atoms with E-state index >= 15 is 0 Å². The molecule has 8 nitrogen and oxygen atoms in total. The fourth-order valence-corrected chi connectivity index (χ4v) is 4.30. The quantitative estimate of drug-likeness (QED) is 0.463. The molecule has 8 heteroatoms. The highest BCUT2D eigenvalue weighted by Gasteiger charge is 2.21. The van der Waals surface area contributed by atoms with Crippen molar-refractivity contribution >= 4 is 22.4 Å². The van der Waals surface area contributed by atoms with Crippen molar-refractivity contribution in [1.82, 2.24) is 25.1 Å². The zero-order valence-corrected chi connectivity index (χ0v) is 19.2. The number of aryl methyl sites for hydroxylation is 1. The number of nitrogens with one attached hydrogen (secondary N) is 1. The smallest absolute Gasteiger partial charge is 0.124 e. The second-order valence-corrected chi connectivity index (χ2v) is 8.31. The van der Waals surface area contributed by atoms with Crippen LogP contribution in [0.1, 0.15) is 12.8 Å². The van der Waals surface area contributed by atoms with Crippen LogP contribution in [-0.2, 0) is 7.05 Å². The Morgan fingerprint density at radius 2 is 1.85 bits per heavy atom. The zero-order valence-electron chi connectivity index (χ0n) is 19.2. The lowest BCUT2D eigenvalue weighted by atomic mass is 10.1. The van der Waals surface area contributed by atoms with Crippen molar-refractivity contribution in [3.8, 4) is 22.8 Å². The van der Waals surface area contributed by atoms with Crippen LogP contribution < -0.4 is 19.7 Å². The van der Waals surface area contributed by atoms with Crippen LogP contribution in [-0.4, -0.2) is 53.1 Å². The number of benzene rings is 2. The van der Waals surface area contributed by atoms with Crippen LogP contribution in [0, 0.1) is 0 Å². The Balaban J connectivity index is 1.58. The van der Waals surface area contributed by atoms with E-state index in [9.17, 15) is 0 Å². The first-order valence-corrected chi connectivity index (χ1v) is 11.1. The molecular formula is C25H28N6O2. The van der Waals surface area contributed by atoms with Crippen molar-refractivity contribution in [2.75, 3.05) is 32.2 Å². The van der Waals surface area contributed by atoms with E-state index in [1.54, 1.807) is 31.3 Å². The number of ether oxygens (including phenoxy) is 2. The third-order valence-corrected chi connectivity index (χ3v) is 6.05. The van der Waals surface area contributed by atoms with Gasteiger partial charge in [0.1, 0.15) is 11.5 Å². The predicted octanol–water partition coefficient (Wildman–Crippen LogP) is 3.94. The fraction of sp³-hybridized carbons (Fsp3) is 0.320. The van der Waals surface area contributed by atoms with E-state index in [0.717, 1.165) is 64.7 Å². The molecule has 33 heavy (non-hydrogen) atoms. The molecule has 0 aliphatic carbocycles. The minimum atomic E-state index is 0.408. The second kappa shape index (κ2) is 9.07. The summed E-state index contributed by atoms with van der Waals surface area (Å²) in [6, 6.07) is 12.6. The SMILES string of the molecule is COc1cc(OC)cc(N(C[C@@H]2CCCN2)c2ccc3ncc(-c4cnn(C)c4)nc3c2)c1. The van der Waals surface area contributed by atoms with Gasteiger partial charge in [0.2, 0.25) is 0 Å². The average Bonchev–Trinajstić information content (AvgIpc) is 3.53. The van der Waals surface area contributed by atoms with Gasteiger partial charge in [-0.3, -0.25) is 9.67 Å². The molecule has 0 saturated carbocycles. The molecule has 3 heterocycles. The van der Waals surface area contributed by atoms with Gasteiger partial charge in [0, 0.05) is 61.0 Å². The number of fused-ring (bicyclic) bond motifs is 1. The van der Waals surface area contributed by atoms with E-state index < -0.39 is 0 Å². The van der Waals surface area contributed by atoms with Crippen LogP contribution in [0.25, 0.3) is 22.3 Å². The summed E-state index contributed by atoms with van der Waals surface area (Å²) in [5.74, 6) is 1.52. The third kappa shape index (κ3) is 4.47. The molecule has 1 N–H and O–H groups in total. The molecule has 1 saturated heterocycles. The molecule has 0 unspecified atom stereocenters. The van der Waals surface area contributed by atoms with E-state index in [2.05, 4.69) is 32.4 Å². The Hall–Kier alpha value is -3.65. The summed E-state index contributed by atoms with van der Waals surface area (Å²) in [5, 5.41) is 7.87. The van der Waals surface area contributed by atoms with Gasteiger partial charge in [-0.2, -0.15) is 5.10 Å². The van der Waals surface area contributed by atoms with Crippen molar-refractivity contribution in [2.45, 2.75) is 18.9 Å². The molecule has 1 atom stereocenters. The van der Waals surface area contributed by atoms with Crippen molar-refractivity contribution in [3.05, 3.63) is 55.0 Å². The molecule has 0 bridgehead atoms. The van der Waals surface area contributed by atoms with Crippen molar-refractivity contribution in [3.63, 3.8) is 0 Å². The summed E-state index contributed by atoms with van der Waals surface area (Å²) in [5.41, 5.74) is 5.50. The van der Waals surface area contributed by atoms with Crippen LogP contribution in [0.2, 0.25) is 0 Å². The third-order valence-electron chi connectivity index (χ3n) is 6.05. The van der Waals surface area contributed by atoms with Crippen LogP contribution >= 0.6 is 0 Å². The fourth-order valence-electron chi connectivity index (χ4n) is 4.30. The van der Waals surface area contributed by atoms with Gasteiger partial charge in [0.25, 0.3) is 0 Å². The molecule has 1 aliphatic rings. The summed E-state index contributed by atoms with van der Waals surface area (Å²) < 4.78 is 12.8. The number of aromatic nitrogens is 4. The van der Waals surface area contributed by atoms with Gasteiger partial charge in [-0.05, 0) is 37.6 Å². The Kier molecular flexibility index (Phi) is 5.83. The lowest BCUT2D eigenvalue weighted by Gasteiger charge is -2.29. The Labute approximate surface area is 193 Å². The first-order valence-electron chi connectivity index (χ1n) is 11.1. The lowest BCUT2D eigenvalue weighted by molar-refractivity contribution is 0.394. The van der Waals surface area contributed by atoms with Crippen LogP contribution in [0.4, 0.5) is 11.4 Å². The van der Waals surface area contributed by atoms with Crippen LogP contribution in [0.15, 0.2) is 55.0 Å². The topological polar surface area (TPSA) is 77.3 Å². The molecule has 1 aliphatic heterocycles. The number of hydrogen-bond donors (Lipinski definition) is 1.